The molecule has 0 aliphatic carbocycles. The van der Waals surface area contributed by atoms with Gasteiger partial charge in [0.15, 0.2) is 7.14 Å². The van der Waals surface area contributed by atoms with Crippen molar-refractivity contribution in [2.45, 2.75) is 0 Å². The van der Waals surface area contributed by atoms with Crippen LogP contribution in [0.2, 0.25) is 0 Å². The van der Waals surface area contributed by atoms with Crippen LogP contribution in [0.5, 0.6) is 0 Å². The van der Waals surface area contributed by atoms with Gasteiger partial charge in [-0.1, -0.05) is 103 Å². The summed E-state index contributed by atoms with van der Waals surface area (Å²) >= 11 is 0. The van der Waals surface area contributed by atoms with Gasteiger partial charge in [-0.2, -0.15) is 0 Å². The highest BCUT2D eigenvalue weighted by Crippen LogP contribution is 2.56. The van der Waals surface area contributed by atoms with Gasteiger partial charge >= 0.3 is 0 Å². The second-order valence-corrected chi connectivity index (χ2v) is 14.8. The normalized spacial score (nSPS) is 14.7. The van der Waals surface area contributed by atoms with Crippen LogP contribution in [0, 0.1) is 0 Å². The zero-order valence-corrected chi connectivity index (χ0v) is 27.5. The molecule has 0 saturated heterocycles. The van der Waals surface area contributed by atoms with E-state index in [9.17, 15) is 0 Å². The quantitative estimate of drug-likeness (QED) is 0.161. The molecule has 0 bridgehead atoms. The van der Waals surface area contributed by atoms with Crippen LogP contribution in [0.3, 0.4) is 0 Å². The molecule has 1 unspecified atom stereocenters. The molecular weight excluding hydrogens is 619 g/mol. The number of nitrogens with zero attached hydrogens (tertiary/aromatic N) is 2. The van der Waals surface area contributed by atoms with Crippen LogP contribution in [0.4, 0.5) is 34.1 Å². The van der Waals surface area contributed by atoms with Gasteiger partial charge in [0.05, 0.1) is 5.30 Å². The highest BCUT2D eigenvalue weighted by Gasteiger charge is 2.45. The Morgan fingerprint density at radius 2 is 0.857 bits per heavy atom. The fourth-order valence-corrected chi connectivity index (χ4v) is 10.2. The Hall–Kier alpha value is -6.09. The molecule has 234 valence electrons. The molecule has 7 aromatic carbocycles. The number of hydrogen-bond acceptors (Lipinski definition) is 4. The van der Waals surface area contributed by atoms with E-state index in [1.165, 1.54) is 0 Å². The third kappa shape index (κ3) is 4.80. The van der Waals surface area contributed by atoms with Gasteiger partial charge in [-0.3, -0.25) is 0 Å². The summed E-state index contributed by atoms with van der Waals surface area (Å²) in [6.07, 6.45) is 0. The first-order valence-corrected chi connectivity index (χ1v) is 18.1. The van der Waals surface area contributed by atoms with Crippen molar-refractivity contribution < 1.29 is 8.98 Å². The Bertz CT molecular complexity index is 2390. The van der Waals surface area contributed by atoms with Gasteiger partial charge in [0.25, 0.3) is 0 Å². The Kier molecular flexibility index (Phi) is 7.04. The zero-order chi connectivity index (χ0) is 32.8. The van der Waals surface area contributed by atoms with Crippen LogP contribution in [0.1, 0.15) is 0 Å². The molecule has 1 atom stereocenters. The van der Waals surface area contributed by atoms with E-state index >= 15 is 4.57 Å². The summed E-state index contributed by atoms with van der Waals surface area (Å²) in [4.78, 5) is 4.44. The number of fused-ring (bicyclic) bond motifs is 5. The number of rotatable bonds is 7. The molecule has 0 saturated carbocycles. The molecule has 8 aromatic rings. The lowest BCUT2D eigenvalue weighted by molar-refractivity contribution is 0.593. The van der Waals surface area contributed by atoms with E-state index < -0.39 is 7.14 Å². The Balaban J connectivity index is 1.26. The molecule has 0 amide bonds. The van der Waals surface area contributed by atoms with Gasteiger partial charge in [0.1, 0.15) is 11.3 Å². The monoisotopic (exact) mass is 650 g/mol. The smallest absolute Gasteiger partial charge is 0.176 e. The van der Waals surface area contributed by atoms with Crippen LogP contribution < -0.4 is 25.7 Å². The van der Waals surface area contributed by atoms with Crippen molar-refractivity contribution in [1.29, 1.82) is 0 Å². The topological polar surface area (TPSA) is 36.7 Å². The second-order valence-electron chi connectivity index (χ2n) is 12.1. The third-order valence-corrected chi connectivity index (χ3v) is 12.4. The van der Waals surface area contributed by atoms with Gasteiger partial charge in [0, 0.05) is 61.7 Å². The van der Waals surface area contributed by atoms with E-state index in [1.807, 2.05) is 109 Å². The number of benzene rings is 7. The van der Waals surface area contributed by atoms with E-state index in [0.717, 1.165) is 61.0 Å². The lowest BCUT2D eigenvalue weighted by atomic mass is 10.1. The average molecular weight is 651 g/mol. The molecule has 1 aliphatic rings. The predicted molar refractivity (Wildman–Crippen MR) is 204 cm³/mol. The minimum Gasteiger partial charge on any atom is -0.455 e. The van der Waals surface area contributed by atoms with E-state index in [2.05, 4.69) is 88.7 Å². The van der Waals surface area contributed by atoms with Crippen molar-refractivity contribution in [3.63, 3.8) is 0 Å². The molecule has 49 heavy (non-hydrogen) atoms. The number of hydrogen-bond donors (Lipinski definition) is 0. The summed E-state index contributed by atoms with van der Waals surface area (Å²) in [6.45, 7) is 0. The summed E-state index contributed by atoms with van der Waals surface area (Å²) in [5, 5.41) is 3.24. The maximum Gasteiger partial charge on any atom is 0.176 e. The van der Waals surface area contributed by atoms with Crippen molar-refractivity contribution >= 4 is 68.1 Å². The highest BCUT2D eigenvalue weighted by molar-refractivity contribution is 7.86. The lowest BCUT2D eigenvalue weighted by Crippen LogP contribution is -2.21. The Morgan fingerprint density at radius 3 is 1.35 bits per heavy atom. The van der Waals surface area contributed by atoms with Gasteiger partial charge in [-0.25, -0.2) is 0 Å². The zero-order valence-electron chi connectivity index (χ0n) is 26.6. The van der Waals surface area contributed by atoms with Crippen LogP contribution in [0.15, 0.2) is 192 Å². The molecule has 1 aromatic heterocycles. The molecule has 0 radical (unpaired) electrons. The van der Waals surface area contributed by atoms with Crippen LogP contribution >= 0.6 is 7.14 Å². The molecule has 0 spiro atoms. The molecule has 4 nitrogen and oxygen atoms in total. The Labute approximate surface area is 285 Å². The first-order chi connectivity index (χ1) is 24.2. The largest absolute Gasteiger partial charge is 0.455 e. The maximum absolute atomic E-state index is 15.7. The highest BCUT2D eigenvalue weighted by atomic mass is 31.2. The SMILES string of the molecule is O=P1(c2ccccc2)c2ccc(N(c3ccccc3)c3ccccc3)cc2-c2oc3cc(N(c4ccccc4)c4ccccc4)ccc3c21. The molecule has 5 heteroatoms. The summed E-state index contributed by atoms with van der Waals surface area (Å²) in [5.41, 5.74) is 7.64. The number of furan rings is 1. The van der Waals surface area contributed by atoms with E-state index in [-0.39, 0.29) is 0 Å². The fourth-order valence-electron chi connectivity index (χ4n) is 7.05. The van der Waals surface area contributed by atoms with Gasteiger partial charge < -0.3 is 18.8 Å². The van der Waals surface area contributed by atoms with Crippen LogP contribution in [0.25, 0.3) is 22.3 Å². The average Bonchev–Trinajstić information content (AvgIpc) is 3.67. The van der Waals surface area contributed by atoms with Crippen LogP contribution in [-0.2, 0) is 4.57 Å². The summed E-state index contributed by atoms with van der Waals surface area (Å²) < 4.78 is 22.6. The molecular formula is C44H31N2O2P. The van der Waals surface area contributed by atoms with Gasteiger partial charge in [0.2, 0.25) is 0 Å². The second kappa shape index (κ2) is 11.9. The number of anilines is 6. The third-order valence-electron chi connectivity index (χ3n) is 9.22. The number of para-hydroxylation sites is 4. The Morgan fingerprint density at radius 1 is 0.429 bits per heavy atom. The van der Waals surface area contributed by atoms with E-state index in [0.29, 0.717) is 11.3 Å². The van der Waals surface area contributed by atoms with Crippen molar-refractivity contribution in [3.8, 4) is 11.3 Å². The van der Waals surface area contributed by atoms with Gasteiger partial charge in [-0.15, -0.1) is 0 Å². The first kappa shape index (κ1) is 29.1. The summed E-state index contributed by atoms with van der Waals surface area (Å²) in [5.74, 6) is 0.670. The lowest BCUT2D eigenvalue weighted by Gasteiger charge is -2.26. The molecule has 0 N–H and O–H groups in total. The maximum atomic E-state index is 15.7. The first-order valence-electron chi connectivity index (χ1n) is 16.4. The van der Waals surface area contributed by atoms with Crippen molar-refractivity contribution in [3.05, 3.63) is 188 Å². The van der Waals surface area contributed by atoms with E-state index in [4.69, 9.17) is 4.42 Å². The fraction of sp³-hybridized carbons (Fsp3) is 0. The molecule has 1 aliphatic heterocycles. The molecule has 9 rings (SSSR count). The van der Waals surface area contributed by atoms with E-state index in [1.54, 1.807) is 0 Å². The van der Waals surface area contributed by atoms with Crippen molar-refractivity contribution in [2.75, 3.05) is 9.80 Å². The predicted octanol–water partition coefficient (Wildman–Crippen LogP) is 11.0. The van der Waals surface area contributed by atoms with Crippen molar-refractivity contribution in [2.24, 2.45) is 0 Å². The molecule has 2 heterocycles. The van der Waals surface area contributed by atoms with Crippen LogP contribution in [-0.4, -0.2) is 0 Å². The standard InChI is InChI=1S/C44H31N2O2P/c47-49(38-24-14-5-15-25-38)42-29-27-36(45(32-16-6-1-7-17-32)33-18-8-2-9-19-33)30-40(42)43-44(49)39-28-26-37(31-41(39)48-43)46(34-20-10-3-11-21-34)35-22-12-4-13-23-35/h1-31H. The van der Waals surface area contributed by atoms with Gasteiger partial charge in [-0.05, 0) is 78.9 Å². The minimum atomic E-state index is -3.27. The molecule has 0 fully saturated rings. The minimum absolute atomic E-state index is 0.670. The summed E-state index contributed by atoms with van der Waals surface area (Å²) in [7, 11) is -3.27. The van der Waals surface area contributed by atoms with Crippen molar-refractivity contribution in [1.82, 2.24) is 0 Å². The summed E-state index contributed by atoms with van der Waals surface area (Å²) in [6, 6.07) is 63.7.